The number of ether oxygens (including phenoxy) is 1. The lowest BCUT2D eigenvalue weighted by Gasteiger charge is -2.33. The van der Waals surface area contributed by atoms with Crippen LogP contribution >= 0.6 is 11.3 Å². The molecule has 1 aromatic rings. The lowest BCUT2D eigenvalue weighted by Crippen LogP contribution is -2.48. The fourth-order valence-corrected chi connectivity index (χ4v) is 3.16. The van der Waals surface area contributed by atoms with Crippen molar-refractivity contribution in [3.05, 3.63) is 21.9 Å². The molecule has 1 amide bonds. The Kier molecular flexibility index (Phi) is 4.01. The largest absolute Gasteiger partial charge is 0.467 e. The van der Waals surface area contributed by atoms with Gasteiger partial charge in [0.15, 0.2) is 0 Å². The second kappa shape index (κ2) is 5.52. The van der Waals surface area contributed by atoms with Gasteiger partial charge in [-0.3, -0.25) is 4.79 Å². The van der Waals surface area contributed by atoms with Crippen LogP contribution in [0.2, 0.25) is 0 Å². The fraction of sp³-hybridized carbons (Fsp3) is 0.538. The van der Waals surface area contributed by atoms with E-state index in [0.717, 1.165) is 23.3 Å². The van der Waals surface area contributed by atoms with E-state index in [2.05, 4.69) is 0 Å². The number of rotatable bonds is 2. The first-order valence-electron chi connectivity index (χ1n) is 6.08. The summed E-state index contributed by atoms with van der Waals surface area (Å²) in [4.78, 5) is 26.6. The van der Waals surface area contributed by atoms with Gasteiger partial charge in [-0.15, -0.1) is 11.3 Å². The summed E-state index contributed by atoms with van der Waals surface area (Å²) in [7, 11) is 1.37. The molecule has 1 aromatic heterocycles. The van der Waals surface area contributed by atoms with Gasteiger partial charge in [0, 0.05) is 6.54 Å². The van der Waals surface area contributed by atoms with Gasteiger partial charge in [0.05, 0.1) is 12.0 Å². The van der Waals surface area contributed by atoms with Crippen LogP contribution in [0.4, 0.5) is 0 Å². The number of hydrogen-bond donors (Lipinski definition) is 0. The Hall–Kier alpha value is -1.36. The number of hydrogen-bond acceptors (Lipinski definition) is 4. The van der Waals surface area contributed by atoms with Gasteiger partial charge in [-0.2, -0.15) is 0 Å². The Morgan fingerprint density at radius 3 is 2.83 bits per heavy atom. The summed E-state index contributed by atoms with van der Waals surface area (Å²) in [5.41, 5.74) is 0.971. The highest BCUT2D eigenvalue weighted by atomic mass is 32.1. The Morgan fingerprint density at radius 1 is 1.44 bits per heavy atom. The predicted octanol–water partition coefficient (Wildman–Crippen LogP) is 2.22. The zero-order valence-corrected chi connectivity index (χ0v) is 11.5. The number of amides is 1. The Labute approximate surface area is 111 Å². The van der Waals surface area contributed by atoms with Crippen molar-refractivity contribution < 1.29 is 14.3 Å². The number of thiophene rings is 1. The van der Waals surface area contributed by atoms with Crippen LogP contribution in [0.1, 0.15) is 34.5 Å². The third kappa shape index (κ3) is 2.41. The van der Waals surface area contributed by atoms with E-state index in [1.54, 1.807) is 4.90 Å². The normalized spacial score (nSPS) is 19.7. The summed E-state index contributed by atoms with van der Waals surface area (Å²) in [6, 6.07) is 1.51. The topological polar surface area (TPSA) is 46.6 Å². The number of methoxy groups -OCH3 is 1. The molecule has 0 N–H and O–H groups in total. The molecule has 1 atom stereocenters. The van der Waals surface area contributed by atoms with Crippen LogP contribution in [0.25, 0.3) is 0 Å². The summed E-state index contributed by atoms with van der Waals surface area (Å²) >= 11 is 1.43. The van der Waals surface area contributed by atoms with Crippen molar-refractivity contribution in [2.24, 2.45) is 0 Å². The minimum atomic E-state index is -0.419. The Morgan fingerprint density at radius 2 is 2.22 bits per heavy atom. The second-order valence-corrected chi connectivity index (χ2v) is 5.38. The van der Waals surface area contributed by atoms with Crippen LogP contribution in [0.15, 0.2) is 11.4 Å². The molecule has 1 saturated heterocycles. The van der Waals surface area contributed by atoms with Crippen LogP contribution in [-0.4, -0.2) is 36.5 Å². The van der Waals surface area contributed by atoms with Gasteiger partial charge in [-0.25, -0.2) is 4.79 Å². The lowest BCUT2D eigenvalue weighted by molar-refractivity contribution is -0.147. The molecule has 1 unspecified atom stereocenters. The van der Waals surface area contributed by atoms with E-state index >= 15 is 0 Å². The van der Waals surface area contributed by atoms with Crippen molar-refractivity contribution in [2.75, 3.05) is 13.7 Å². The van der Waals surface area contributed by atoms with E-state index in [1.165, 1.54) is 18.4 Å². The molecule has 0 radical (unpaired) electrons. The van der Waals surface area contributed by atoms with Gasteiger partial charge in [0.25, 0.3) is 5.91 Å². The Balaban J connectivity index is 2.21. The summed E-state index contributed by atoms with van der Waals surface area (Å²) < 4.78 is 4.79. The van der Waals surface area contributed by atoms with Gasteiger partial charge in [0.2, 0.25) is 0 Å². The number of carbonyl (C=O) groups excluding carboxylic acids is 2. The number of aryl methyl sites for hydroxylation is 1. The van der Waals surface area contributed by atoms with E-state index in [-0.39, 0.29) is 11.9 Å². The maximum atomic E-state index is 12.4. The average molecular weight is 267 g/mol. The molecule has 1 aliphatic heterocycles. The molecule has 2 heterocycles. The molecule has 2 rings (SSSR count). The summed E-state index contributed by atoms with van der Waals surface area (Å²) in [5.74, 6) is -0.352. The molecule has 0 spiro atoms. The minimum absolute atomic E-state index is 0.0439. The fourth-order valence-electron chi connectivity index (χ4n) is 2.28. The van der Waals surface area contributed by atoms with Gasteiger partial charge >= 0.3 is 5.97 Å². The van der Waals surface area contributed by atoms with E-state index in [1.807, 2.05) is 18.4 Å². The molecule has 5 heteroatoms. The van der Waals surface area contributed by atoms with E-state index < -0.39 is 6.04 Å². The standard InChI is InChI=1S/C13H17NO3S/c1-9-6-8-18-11(9)12(15)14-7-4-3-5-10(14)13(16)17-2/h6,8,10H,3-5,7H2,1-2H3. The Bertz CT molecular complexity index is 455. The lowest BCUT2D eigenvalue weighted by atomic mass is 10.0. The first-order chi connectivity index (χ1) is 8.65. The zero-order chi connectivity index (χ0) is 13.1. The summed E-state index contributed by atoms with van der Waals surface area (Å²) in [5, 5.41) is 1.90. The number of nitrogens with zero attached hydrogens (tertiary/aromatic N) is 1. The molecule has 0 saturated carbocycles. The first kappa shape index (κ1) is 13.1. The van der Waals surface area contributed by atoms with Crippen molar-refractivity contribution in [3.63, 3.8) is 0 Å². The number of carbonyl (C=O) groups is 2. The molecule has 0 aliphatic carbocycles. The van der Waals surface area contributed by atoms with Crippen molar-refractivity contribution >= 4 is 23.2 Å². The molecular weight excluding hydrogens is 250 g/mol. The average Bonchev–Trinajstić information content (AvgIpc) is 2.83. The highest BCUT2D eigenvalue weighted by molar-refractivity contribution is 7.12. The first-order valence-corrected chi connectivity index (χ1v) is 6.96. The maximum Gasteiger partial charge on any atom is 0.328 e. The molecule has 0 bridgehead atoms. The summed E-state index contributed by atoms with van der Waals surface area (Å²) in [6.45, 7) is 2.55. The van der Waals surface area contributed by atoms with Crippen molar-refractivity contribution in [3.8, 4) is 0 Å². The summed E-state index contributed by atoms with van der Waals surface area (Å²) in [6.07, 6.45) is 2.61. The number of piperidine rings is 1. The second-order valence-electron chi connectivity index (χ2n) is 4.47. The maximum absolute atomic E-state index is 12.4. The van der Waals surface area contributed by atoms with Gasteiger partial charge in [-0.1, -0.05) is 0 Å². The van der Waals surface area contributed by atoms with Crippen molar-refractivity contribution in [1.82, 2.24) is 4.90 Å². The van der Waals surface area contributed by atoms with Gasteiger partial charge in [-0.05, 0) is 43.2 Å². The number of likely N-dealkylation sites (tertiary alicyclic amines) is 1. The highest BCUT2D eigenvalue weighted by Crippen LogP contribution is 2.24. The third-order valence-corrected chi connectivity index (χ3v) is 4.30. The van der Waals surface area contributed by atoms with E-state index in [4.69, 9.17) is 4.74 Å². The third-order valence-electron chi connectivity index (χ3n) is 3.29. The molecular formula is C13H17NO3S. The van der Waals surface area contributed by atoms with Crippen molar-refractivity contribution in [1.29, 1.82) is 0 Å². The molecule has 1 aliphatic rings. The van der Waals surface area contributed by atoms with E-state index in [0.29, 0.717) is 13.0 Å². The van der Waals surface area contributed by atoms with Crippen molar-refractivity contribution in [2.45, 2.75) is 32.2 Å². The number of esters is 1. The molecule has 1 fully saturated rings. The van der Waals surface area contributed by atoms with Crippen LogP contribution in [-0.2, 0) is 9.53 Å². The molecule has 4 nitrogen and oxygen atoms in total. The van der Waals surface area contributed by atoms with Crippen LogP contribution in [0, 0.1) is 6.92 Å². The van der Waals surface area contributed by atoms with Crippen LogP contribution in [0.3, 0.4) is 0 Å². The van der Waals surface area contributed by atoms with E-state index in [9.17, 15) is 9.59 Å². The van der Waals surface area contributed by atoms with Crippen LogP contribution in [0.5, 0.6) is 0 Å². The monoisotopic (exact) mass is 267 g/mol. The highest BCUT2D eigenvalue weighted by Gasteiger charge is 2.34. The van der Waals surface area contributed by atoms with Gasteiger partial charge in [0.1, 0.15) is 6.04 Å². The SMILES string of the molecule is COC(=O)C1CCCCN1C(=O)c1sccc1C. The van der Waals surface area contributed by atoms with Gasteiger partial charge < -0.3 is 9.64 Å². The molecule has 18 heavy (non-hydrogen) atoms. The minimum Gasteiger partial charge on any atom is -0.467 e. The predicted molar refractivity (Wildman–Crippen MR) is 69.7 cm³/mol. The van der Waals surface area contributed by atoms with Crippen LogP contribution < -0.4 is 0 Å². The smallest absolute Gasteiger partial charge is 0.328 e. The zero-order valence-electron chi connectivity index (χ0n) is 10.6. The molecule has 0 aromatic carbocycles. The molecule has 98 valence electrons. The quantitative estimate of drug-likeness (QED) is 0.772.